The van der Waals surface area contributed by atoms with E-state index in [9.17, 15) is 13.2 Å². The van der Waals surface area contributed by atoms with Gasteiger partial charge in [0.2, 0.25) is 0 Å². The van der Waals surface area contributed by atoms with Crippen LogP contribution in [0.2, 0.25) is 0 Å². The van der Waals surface area contributed by atoms with Gasteiger partial charge in [-0.15, -0.1) is 0 Å². The first-order chi connectivity index (χ1) is 10.8. The average Bonchev–Trinajstić information content (AvgIpc) is 2.51. The van der Waals surface area contributed by atoms with Crippen LogP contribution in [0.1, 0.15) is 18.9 Å². The molecule has 0 atom stereocenters. The number of nitrogens with zero attached hydrogens (tertiary/aromatic N) is 3. The van der Waals surface area contributed by atoms with Crippen molar-refractivity contribution in [3.8, 4) is 6.01 Å². The molecule has 4 nitrogen and oxygen atoms in total. The summed E-state index contributed by atoms with van der Waals surface area (Å²) in [5.74, 6) is -0.253. The summed E-state index contributed by atoms with van der Waals surface area (Å²) in [6, 6.07) is 6.85. The first-order valence-electron chi connectivity index (χ1n) is 6.89. The fourth-order valence-corrected chi connectivity index (χ4v) is 2.27. The molecule has 0 amide bonds. The van der Waals surface area contributed by atoms with Crippen LogP contribution in [-0.2, 0) is 6.18 Å². The molecule has 1 heterocycles. The maximum absolute atomic E-state index is 13.2. The number of rotatable bonds is 5. The summed E-state index contributed by atoms with van der Waals surface area (Å²) in [7, 11) is 1.52. The Balaban J connectivity index is 2.47. The van der Waals surface area contributed by atoms with E-state index in [1.165, 1.54) is 11.9 Å². The third-order valence-electron chi connectivity index (χ3n) is 3.00. The Bertz CT molecular complexity index is 679. The summed E-state index contributed by atoms with van der Waals surface area (Å²) >= 11 is 3.30. The molecule has 124 valence electrons. The van der Waals surface area contributed by atoms with E-state index in [0.29, 0.717) is 18.7 Å². The van der Waals surface area contributed by atoms with E-state index < -0.39 is 11.7 Å². The molecule has 0 bridgehead atoms. The van der Waals surface area contributed by atoms with Crippen LogP contribution in [0.15, 0.2) is 34.9 Å². The molecule has 0 radical (unpaired) electrons. The van der Waals surface area contributed by atoms with E-state index in [-0.39, 0.29) is 11.8 Å². The van der Waals surface area contributed by atoms with Crippen LogP contribution < -0.4 is 9.64 Å². The predicted octanol–water partition coefficient (Wildman–Crippen LogP) is 4.81. The lowest BCUT2D eigenvalue weighted by atomic mass is 10.2. The van der Waals surface area contributed by atoms with Gasteiger partial charge < -0.3 is 9.64 Å². The summed E-state index contributed by atoms with van der Waals surface area (Å²) in [4.78, 5) is 8.94. The lowest BCUT2D eigenvalue weighted by molar-refractivity contribution is -0.137. The topological polar surface area (TPSA) is 38.2 Å². The number of aromatic nitrogens is 2. The summed E-state index contributed by atoms with van der Waals surface area (Å²) < 4.78 is 45.7. The third-order valence-corrected chi connectivity index (χ3v) is 3.49. The molecule has 0 aliphatic heterocycles. The van der Waals surface area contributed by atoms with Gasteiger partial charge in [-0.1, -0.05) is 28.9 Å². The van der Waals surface area contributed by atoms with Crippen LogP contribution in [-0.4, -0.2) is 23.6 Å². The zero-order valence-electron chi connectivity index (χ0n) is 12.6. The minimum Gasteiger partial charge on any atom is -0.463 e. The highest BCUT2D eigenvalue weighted by atomic mass is 79.9. The normalized spacial score (nSPS) is 11.4. The van der Waals surface area contributed by atoms with Crippen molar-refractivity contribution in [3.05, 3.63) is 40.5 Å². The second-order valence-electron chi connectivity index (χ2n) is 4.77. The van der Waals surface area contributed by atoms with Crippen molar-refractivity contribution in [2.75, 3.05) is 18.6 Å². The molecule has 1 aromatic heterocycles. The van der Waals surface area contributed by atoms with Crippen molar-refractivity contribution in [3.63, 3.8) is 0 Å². The predicted molar refractivity (Wildman–Crippen MR) is 85.0 cm³/mol. The Morgan fingerprint density at radius 2 is 2.04 bits per heavy atom. The Kier molecular flexibility index (Phi) is 5.46. The SMILES string of the molecule is CCCOc1ncc(C(F)(F)F)c(N(C)c2cccc(Br)c2)n1. The Morgan fingerprint density at radius 3 is 2.65 bits per heavy atom. The molecule has 0 spiro atoms. The van der Waals surface area contributed by atoms with E-state index in [2.05, 4.69) is 25.9 Å². The molecule has 1 aromatic carbocycles. The second-order valence-corrected chi connectivity index (χ2v) is 5.69. The van der Waals surface area contributed by atoms with Gasteiger partial charge in [-0.3, -0.25) is 0 Å². The van der Waals surface area contributed by atoms with Crippen molar-refractivity contribution in [2.45, 2.75) is 19.5 Å². The van der Waals surface area contributed by atoms with Crippen molar-refractivity contribution < 1.29 is 17.9 Å². The molecule has 0 saturated carbocycles. The van der Waals surface area contributed by atoms with Crippen molar-refractivity contribution >= 4 is 27.4 Å². The zero-order chi connectivity index (χ0) is 17.0. The molecule has 23 heavy (non-hydrogen) atoms. The van der Waals surface area contributed by atoms with Gasteiger partial charge in [0.05, 0.1) is 6.61 Å². The van der Waals surface area contributed by atoms with E-state index in [4.69, 9.17) is 4.74 Å². The van der Waals surface area contributed by atoms with Crippen molar-refractivity contribution in [1.82, 2.24) is 9.97 Å². The fourth-order valence-electron chi connectivity index (χ4n) is 1.88. The van der Waals surface area contributed by atoms with Gasteiger partial charge in [-0.05, 0) is 24.6 Å². The Hall–Kier alpha value is -1.83. The highest BCUT2D eigenvalue weighted by Crippen LogP contribution is 2.38. The van der Waals surface area contributed by atoms with Crippen LogP contribution in [0.25, 0.3) is 0 Å². The van der Waals surface area contributed by atoms with Gasteiger partial charge in [-0.2, -0.15) is 18.2 Å². The monoisotopic (exact) mass is 389 g/mol. The zero-order valence-corrected chi connectivity index (χ0v) is 14.1. The Morgan fingerprint density at radius 1 is 1.30 bits per heavy atom. The lowest BCUT2D eigenvalue weighted by Crippen LogP contribution is -2.19. The second kappa shape index (κ2) is 7.16. The highest BCUT2D eigenvalue weighted by molar-refractivity contribution is 9.10. The fraction of sp³-hybridized carbons (Fsp3) is 0.333. The highest BCUT2D eigenvalue weighted by Gasteiger charge is 2.36. The first-order valence-corrected chi connectivity index (χ1v) is 7.68. The number of hydrogen-bond donors (Lipinski definition) is 0. The first kappa shape index (κ1) is 17.5. The molecule has 2 aromatic rings. The van der Waals surface area contributed by atoms with Crippen molar-refractivity contribution in [1.29, 1.82) is 0 Å². The van der Waals surface area contributed by atoms with Gasteiger partial charge in [0.15, 0.2) is 5.82 Å². The summed E-state index contributed by atoms with van der Waals surface area (Å²) in [6.45, 7) is 2.23. The average molecular weight is 390 g/mol. The van der Waals surface area contributed by atoms with Gasteiger partial charge >= 0.3 is 12.2 Å². The molecule has 0 unspecified atom stereocenters. The third kappa shape index (κ3) is 4.34. The van der Waals surface area contributed by atoms with Gasteiger partial charge in [0, 0.05) is 23.4 Å². The standard InChI is InChI=1S/C15H15BrF3N3O/c1-3-7-23-14-20-9-12(15(17,18)19)13(21-14)22(2)11-6-4-5-10(16)8-11/h4-6,8-9H,3,7H2,1-2H3. The van der Waals surface area contributed by atoms with Crippen LogP contribution in [0.4, 0.5) is 24.7 Å². The Labute approximate surface area is 140 Å². The van der Waals surface area contributed by atoms with E-state index >= 15 is 0 Å². The minimum absolute atomic E-state index is 0.0725. The summed E-state index contributed by atoms with van der Waals surface area (Å²) in [5, 5.41) is 0. The van der Waals surface area contributed by atoms with Crippen LogP contribution in [0.3, 0.4) is 0 Å². The number of anilines is 2. The number of halogens is 4. The van der Waals surface area contributed by atoms with E-state index in [1.807, 2.05) is 6.92 Å². The van der Waals surface area contributed by atoms with Gasteiger partial charge in [-0.25, -0.2) is 4.98 Å². The maximum atomic E-state index is 13.2. The molecule has 0 aliphatic rings. The maximum Gasteiger partial charge on any atom is 0.421 e. The number of ether oxygens (including phenoxy) is 1. The number of benzene rings is 1. The molecular weight excluding hydrogens is 375 g/mol. The van der Waals surface area contributed by atoms with Gasteiger partial charge in [0.1, 0.15) is 5.56 Å². The van der Waals surface area contributed by atoms with Crippen LogP contribution in [0, 0.1) is 0 Å². The van der Waals surface area contributed by atoms with Crippen LogP contribution >= 0.6 is 15.9 Å². The van der Waals surface area contributed by atoms with Crippen molar-refractivity contribution in [2.24, 2.45) is 0 Å². The van der Waals surface area contributed by atoms with E-state index in [1.54, 1.807) is 24.3 Å². The number of hydrogen-bond acceptors (Lipinski definition) is 4. The molecule has 0 fully saturated rings. The minimum atomic E-state index is -4.56. The smallest absolute Gasteiger partial charge is 0.421 e. The molecule has 0 N–H and O–H groups in total. The number of alkyl halides is 3. The van der Waals surface area contributed by atoms with Gasteiger partial charge in [0.25, 0.3) is 0 Å². The molecule has 0 saturated heterocycles. The lowest BCUT2D eigenvalue weighted by Gasteiger charge is -2.22. The van der Waals surface area contributed by atoms with Crippen LogP contribution in [0.5, 0.6) is 6.01 Å². The molecule has 0 aliphatic carbocycles. The van der Waals surface area contributed by atoms with E-state index in [0.717, 1.165) is 10.7 Å². The molecule has 8 heteroatoms. The summed E-state index contributed by atoms with van der Waals surface area (Å²) in [5.41, 5.74) is -0.353. The quantitative estimate of drug-likeness (QED) is 0.734. The summed E-state index contributed by atoms with van der Waals surface area (Å²) in [6.07, 6.45) is -3.10. The molecular formula is C15H15BrF3N3O. The molecule has 2 rings (SSSR count). The largest absolute Gasteiger partial charge is 0.463 e.